The van der Waals surface area contributed by atoms with Crippen molar-refractivity contribution < 1.29 is 27.5 Å². The van der Waals surface area contributed by atoms with Gasteiger partial charge < -0.3 is 14.5 Å². The zero-order valence-electron chi connectivity index (χ0n) is 17.7. The number of amidine groups is 1. The molecule has 0 radical (unpaired) electrons. The highest BCUT2D eigenvalue weighted by molar-refractivity contribution is 8.16. The molecule has 176 valence electrons. The molecule has 1 fully saturated rings. The molecule has 11 heteroatoms. The Morgan fingerprint density at radius 2 is 1.94 bits per heavy atom. The topological polar surface area (TPSA) is 62.2 Å². The molecule has 33 heavy (non-hydrogen) atoms. The van der Waals surface area contributed by atoms with Crippen LogP contribution >= 0.6 is 23.4 Å². The van der Waals surface area contributed by atoms with E-state index in [1.165, 1.54) is 11.8 Å². The maximum Gasteiger partial charge on any atom is 0.434 e. The van der Waals surface area contributed by atoms with Gasteiger partial charge in [0.05, 0.1) is 24.6 Å². The van der Waals surface area contributed by atoms with Crippen LogP contribution in [0.15, 0.2) is 51.6 Å². The molecular formula is C22H21ClF3N3O3S. The fourth-order valence-corrected chi connectivity index (χ4v) is 5.27. The van der Waals surface area contributed by atoms with E-state index in [0.29, 0.717) is 24.4 Å². The van der Waals surface area contributed by atoms with Crippen molar-refractivity contribution in [2.75, 3.05) is 19.7 Å². The Morgan fingerprint density at radius 3 is 2.58 bits per heavy atom. The van der Waals surface area contributed by atoms with Crippen LogP contribution in [-0.4, -0.2) is 52.7 Å². The van der Waals surface area contributed by atoms with Crippen molar-refractivity contribution >= 4 is 40.4 Å². The first-order chi connectivity index (χ1) is 15.7. The monoisotopic (exact) mass is 499 g/mol. The number of alkyl halides is 3. The van der Waals surface area contributed by atoms with Crippen molar-refractivity contribution in [3.8, 4) is 0 Å². The molecular weight excluding hydrogens is 479 g/mol. The number of likely N-dealkylation sites (tertiary alicyclic amines) is 1. The number of carbonyl (C=O) groups excluding carboxylic acids is 2. The molecule has 3 heterocycles. The molecule has 0 N–H and O–H groups in total. The SMILES string of the molecule is CCOC(=O)C1=C(C(F)(F)F)N=C2SC=C(CC(=O)N3CCCC3)N2C1c1ccccc1Cl. The second kappa shape index (κ2) is 9.42. The van der Waals surface area contributed by atoms with E-state index in [1.807, 2.05) is 0 Å². The average molecular weight is 500 g/mol. The highest BCUT2D eigenvalue weighted by atomic mass is 35.5. The summed E-state index contributed by atoms with van der Waals surface area (Å²) < 4.78 is 47.1. The van der Waals surface area contributed by atoms with Crippen molar-refractivity contribution in [2.24, 2.45) is 4.99 Å². The lowest BCUT2D eigenvalue weighted by molar-refractivity contribution is -0.140. The first kappa shape index (κ1) is 23.7. The van der Waals surface area contributed by atoms with Crippen LogP contribution in [0.4, 0.5) is 13.2 Å². The minimum atomic E-state index is -4.89. The summed E-state index contributed by atoms with van der Waals surface area (Å²) in [6.45, 7) is 2.71. The van der Waals surface area contributed by atoms with Gasteiger partial charge >= 0.3 is 12.1 Å². The van der Waals surface area contributed by atoms with Gasteiger partial charge in [-0.1, -0.05) is 41.6 Å². The molecule has 1 unspecified atom stereocenters. The number of ether oxygens (including phenoxy) is 1. The molecule has 0 saturated carbocycles. The van der Waals surface area contributed by atoms with Crippen LogP contribution in [0.5, 0.6) is 0 Å². The normalized spacial score (nSPS) is 20.6. The van der Waals surface area contributed by atoms with E-state index in [9.17, 15) is 22.8 Å². The summed E-state index contributed by atoms with van der Waals surface area (Å²) in [4.78, 5) is 32.7. The maximum atomic E-state index is 14.0. The standard InChI is InChI=1S/C22H21ClF3N3O3S/c1-2-32-20(31)17-18(14-7-3-4-8-15(14)23)29-13(11-16(30)28-9-5-6-10-28)12-33-21(29)27-19(17)22(24,25)26/h3-4,7-8,12,18H,2,5-6,9-11H2,1H3. The van der Waals surface area contributed by atoms with Gasteiger partial charge in [0.25, 0.3) is 0 Å². The molecule has 0 aromatic heterocycles. The smallest absolute Gasteiger partial charge is 0.434 e. The molecule has 1 saturated heterocycles. The van der Waals surface area contributed by atoms with Gasteiger partial charge in [-0.05, 0) is 36.8 Å². The number of esters is 1. The maximum absolute atomic E-state index is 14.0. The number of hydrogen-bond donors (Lipinski definition) is 0. The molecule has 0 aliphatic carbocycles. The number of amides is 1. The fraction of sp³-hybridized carbons (Fsp3) is 0.409. The van der Waals surface area contributed by atoms with E-state index in [1.54, 1.807) is 34.6 Å². The highest BCUT2D eigenvalue weighted by Crippen LogP contribution is 2.49. The van der Waals surface area contributed by atoms with E-state index in [4.69, 9.17) is 16.3 Å². The number of rotatable bonds is 5. The predicted octanol–water partition coefficient (Wildman–Crippen LogP) is 5.03. The van der Waals surface area contributed by atoms with E-state index < -0.39 is 29.5 Å². The molecule has 0 spiro atoms. The lowest BCUT2D eigenvalue weighted by atomic mass is 9.93. The molecule has 1 amide bonds. The Hall–Kier alpha value is -2.46. The Bertz CT molecular complexity index is 1060. The number of halogens is 4. The van der Waals surface area contributed by atoms with Crippen molar-refractivity contribution in [3.63, 3.8) is 0 Å². The predicted molar refractivity (Wildman–Crippen MR) is 119 cm³/mol. The second-order valence-electron chi connectivity index (χ2n) is 7.66. The number of thioether (sulfide) groups is 1. The quantitative estimate of drug-likeness (QED) is 0.532. The molecule has 3 aliphatic rings. The number of benzene rings is 1. The largest absolute Gasteiger partial charge is 0.463 e. The third-order valence-corrected chi connectivity index (χ3v) is 6.80. The fourth-order valence-electron chi connectivity index (χ4n) is 4.11. The van der Waals surface area contributed by atoms with Crippen molar-refractivity contribution in [1.82, 2.24) is 9.80 Å². The lowest BCUT2D eigenvalue weighted by Crippen LogP contribution is -2.40. The molecule has 0 bridgehead atoms. The minimum Gasteiger partial charge on any atom is -0.463 e. The molecule has 4 rings (SSSR count). The molecule has 1 aromatic carbocycles. The summed E-state index contributed by atoms with van der Waals surface area (Å²) in [5, 5.41) is 1.83. The number of fused-ring (bicyclic) bond motifs is 1. The van der Waals surface area contributed by atoms with Crippen LogP contribution in [0.2, 0.25) is 5.02 Å². The van der Waals surface area contributed by atoms with E-state index in [0.717, 1.165) is 24.6 Å². The number of nitrogens with zero attached hydrogens (tertiary/aromatic N) is 3. The summed E-state index contributed by atoms with van der Waals surface area (Å²) in [5.74, 6) is -1.25. The minimum absolute atomic E-state index is 0.0234. The third-order valence-electron chi connectivity index (χ3n) is 5.56. The second-order valence-corrected chi connectivity index (χ2v) is 8.90. The summed E-state index contributed by atoms with van der Waals surface area (Å²) in [5.41, 5.74) is -1.21. The van der Waals surface area contributed by atoms with Gasteiger partial charge in [-0.2, -0.15) is 13.2 Å². The van der Waals surface area contributed by atoms with Gasteiger partial charge in [-0.3, -0.25) is 4.79 Å². The Labute approximate surface area is 198 Å². The number of hydrogen-bond acceptors (Lipinski definition) is 6. The first-order valence-electron chi connectivity index (χ1n) is 10.5. The van der Waals surface area contributed by atoms with Crippen LogP contribution < -0.4 is 0 Å². The third kappa shape index (κ3) is 4.63. The Morgan fingerprint density at radius 1 is 1.24 bits per heavy atom. The van der Waals surface area contributed by atoms with Crippen molar-refractivity contribution in [1.29, 1.82) is 0 Å². The van der Waals surface area contributed by atoms with Crippen LogP contribution in [0.25, 0.3) is 0 Å². The molecule has 6 nitrogen and oxygen atoms in total. The Kier molecular flexibility index (Phi) is 6.76. The van der Waals surface area contributed by atoms with Crippen LogP contribution in [0.3, 0.4) is 0 Å². The summed E-state index contributed by atoms with van der Waals surface area (Å²) >= 11 is 7.37. The average Bonchev–Trinajstić information content (AvgIpc) is 3.43. The lowest BCUT2D eigenvalue weighted by Gasteiger charge is -2.37. The van der Waals surface area contributed by atoms with Crippen LogP contribution in [0, 0.1) is 0 Å². The van der Waals surface area contributed by atoms with Gasteiger partial charge in [-0.25, -0.2) is 9.79 Å². The molecule has 1 atom stereocenters. The summed E-state index contributed by atoms with van der Waals surface area (Å²) in [6, 6.07) is 5.14. The molecule has 1 aromatic rings. The van der Waals surface area contributed by atoms with Crippen molar-refractivity contribution in [3.05, 3.63) is 57.2 Å². The van der Waals surface area contributed by atoms with Gasteiger partial charge in [0.1, 0.15) is 0 Å². The van der Waals surface area contributed by atoms with Gasteiger partial charge in [0, 0.05) is 23.8 Å². The van der Waals surface area contributed by atoms with Gasteiger partial charge in [0.15, 0.2) is 10.9 Å². The van der Waals surface area contributed by atoms with E-state index >= 15 is 0 Å². The molecule has 3 aliphatic heterocycles. The van der Waals surface area contributed by atoms with Crippen LogP contribution in [0.1, 0.15) is 37.8 Å². The highest BCUT2D eigenvalue weighted by Gasteiger charge is 2.49. The Balaban J connectivity index is 1.83. The summed E-state index contributed by atoms with van der Waals surface area (Å²) in [6.07, 6.45) is -3.08. The van der Waals surface area contributed by atoms with E-state index in [2.05, 4.69) is 4.99 Å². The van der Waals surface area contributed by atoms with Crippen LogP contribution in [-0.2, 0) is 14.3 Å². The van der Waals surface area contributed by atoms with Crippen molar-refractivity contribution in [2.45, 2.75) is 38.4 Å². The van der Waals surface area contributed by atoms with E-state index in [-0.39, 0.29) is 29.1 Å². The number of allylic oxidation sites excluding steroid dienone is 1. The van der Waals surface area contributed by atoms with Gasteiger partial charge in [0.2, 0.25) is 5.91 Å². The number of carbonyl (C=O) groups is 2. The first-order valence-corrected chi connectivity index (χ1v) is 11.7. The zero-order valence-corrected chi connectivity index (χ0v) is 19.3. The van der Waals surface area contributed by atoms with Gasteiger partial charge in [-0.15, -0.1) is 0 Å². The number of aliphatic imine (C=N–C) groups is 1. The summed E-state index contributed by atoms with van der Waals surface area (Å²) in [7, 11) is 0. The zero-order chi connectivity index (χ0) is 23.8.